The number of primary amides is 1. The van der Waals surface area contributed by atoms with E-state index in [1.165, 1.54) is 0 Å². The summed E-state index contributed by atoms with van der Waals surface area (Å²) < 4.78 is 10.7. The molecule has 0 bridgehead atoms. The van der Waals surface area contributed by atoms with Crippen LogP contribution in [-0.2, 0) is 9.47 Å². The van der Waals surface area contributed by atoms with Crippen molar-refractivity contribution in [2.45, 2.75) is 33.0 Å². The third-order valence-electron chi connectivity index (χ3n) is 2.39. The van der Waals surface area contributed by atoms with Gasteiger partial charge in [0, 0.05) is 18.5 Å². The largest absolute Gasteiger partial charge is 0.443 e. The van der Waals surface area contributed by atoms with Crippen LogP contribution < -0.4 is 11.1 Å². The molecule has 88 valence electrons. The Balaban J connectivity index is 2.66. The Morgan fingerprint density at radius 2 is 2.27 bits per heavy atom. The SMILES string of the molecule is CC(C)(C)C(OC(N)=O)C1CNCCO1. The zero-order chi connectivity index (χ0) is 11.5. The first-order valence-electron chi connectivity index (χ1n) is 5.19. The van der Waals surface area contributed by atoms with Gasteiger partial charge < -0.3 is 20.5 Å². The number of morpholine rings is 1. The highest BCUT2D eigenvalue weighted by atomic mass is 16.6. The van der Waals surface area contributed by atoms with Gasteiger partial charge in [-0.15, -0.1) is 0 Å². The van der Waals surface area contributed by atoms with Crippen LogP contribution in [0.1, 0.15) is 20.8 Å². The van der Waals surface area contributed by atoms with E-state index in [9.17, 15) is 4.79 Å². The number of hydrogen-bond donors (Lipinski definition) is 2. The van der Waals surface area contributed by atoms with E-state index in [1.54, 1.807) is 0 Å². The molecule has 1 saturated heterocycles. The number of nitrogens with two attached hydrogens (primary N) is 1. The van der Waals surface area contributed by atoms with Crippen molar-refractivity contribution in [2.75, 3.05) is 19.7 Å². The molecule has 0 saturated carbocycles. The molecule has 1 heterocycles. The van der Waals surface area contributed by atoms with Crippen molar-refractivity contribution < 1.29 is 14.3 Å². The third kappa shape index (κ3) is 3.68. The second-order valence-corrected chi connectivity index (χ2v) is 4.84. The first-order valence-corrected chi connectivity index (χ1v) is 5.19. The van der Waals surface area contributed by atoms with Gasteiger partial charge in [0.15, 0.2) is 0 Å². The van der Waals surface area contributed by atoms with Crippen LogP contribution in [0.25, 0.3) is 0 Å². The van der Waals surface area contributed by atoms with Gasteiger partial charge in [-0.1, -0.05) is 20.8 Å². The van der Waals surface area contributed by atoms with E-state index in [0.717, 1.165) is 6.54 Å². The minimum Gasteiger partial charge on any atom is -0.443 e. The summed E-state index contributed by atoms with van der Waals surface area (Å²) in [6.07, 6.45) is -1.18. The van der Waals surface area contributed by atoms with Crippen LogP contribution in [0.3, 0.4) is 0 Å². The highest BCUT2D eigenvalue weighted by molar-refractivity contribution is 5.64. The number of ether oxygens (including phenoxy) is 2. The second kappa shape index (κ2) is 4.81. The van der Waals surface area contributed by atoms with Crippen molar-refractivity contribution in [3.63, 3.8) is 0 Å². The molecule has 1 fully saturated rings. The lowest BCUT2D eigenvalue weighted by Gasteiger charge is -2.37. The van der Waals surface area contributed by atoms with Crippen LogP contribution in [0.4, 0.5) is 4.79 Å². The van der Waals surface area contributed by atoms with E-state index in [1.807, 2.05) is 20.8 Å². The molecule has 5 heteroatoms. The van der Waals surface area contributed by atoms with Gasteiger partial charge in [0.1, 0.15) is 12.2 Å². The molecule has 0 aromatic carbocycles. The van der Waals surface area contributed by atoms with Gasteiger partial charge in [0.25, 0.3) is 0 Å². The molecular weight excluding hydrogens is 196 g/mol. The molecule has 0 spiro atoms. The molecule has 0 aromatic heterocycles. The minimum atomic E-state index is -0.746. The molecule has 1 aliphatic heterocycles. The van der Waals surface area contributed by atoms with E-state index in [0.29, 0.717) is 13.2 Å². The van der Waals surface area contributed by atoms with E-state index in [2.05, 4.69) is 5.32 Å². The highest BCUT2D eigenvalue weighted by Crippen LogP contribution is 2.27. The average molecular weight is 216 g/mol. The Kier molecular flexibility index (Phi) is 3.93. The summed E-state index contributed by atoms with van der Waals surface area (Å²) in [5, 5.41) is 3.20. The quantitative estimate of drug-likeness (QED) is 0.704. The normalized spacial score (nSPS) is 24.6. The Bertz CT molecular complexity index is 219. The van der Waals surface area contributed by atoms with Gasteiger partial charge in [-0.2, -0.15) is 0 Å². The summed E-state index contributed by atoms with van der Waals surface area (Å²) >= 11 is 0. The average Bonchev–Trinajstić information content (AvgIpc) is 2.14. The van der Waals surface area contributed by atoms with Crippen molar-refractivity contribution in [3.8, 4) is 0 Å². The maximum absolute atomic E-state index is 10.8. The molecule has 0 aromatic rings. The van der Waals surface area contributed by atoms with E-state index in [-0.39, 0.29) is 17.6 Å². The van der Waals surface area contributed by atoms with Crippen molar-refractivity contribution in [2.24, 2.45) is 11.1 Å². The van der Waals surface area contributed by atoms with Gasteiger partial charge in [0.2, 0.25) is 0 Å². The topological polar surface area (TPSA) is 73.6 Å². The third-order valence-corrected chi connectivity index (χ3v) is 2.39. The number of amides is 1. The molecule has 2 atom stereocenters. The Hall–Kier alpha value is -0.810. The fourth-order valence-corrected chi connectivity index (χ4v) is 1.72. The van der Waals surface area contributed by atoms with Crippen LogP contribution >= 0.6 is 0 Å². The maximum atomic E-state index is 10.8. The summed E-state index contributed by atoms with van der Waals surface area (Å²) in [5.74, 6) is 0. The number of nitrogens with one attached hydrogen (secondary N) is 1. The Morgan fingerprint density at radius 3 is 2.67 bits per heavy atom. The number of carbonyl (C=O) groups is 1. The molecule has 15 heavy (non-hydrogen) atoms. The van der Waals surface area contributed by atoms with Crippen molar-refractivity contribution in [1.82, 2.24) is 5.32 Å². The summed E-state index contributed by atoms with van der Waals surface area (Å²) in [6.45, 7) is 8.16. The monoisotopic (exact) mass is 216 g/mol. The fraction of sp³-hybridized carbons (Fsp3) is 0.900. The summed E-state index contributed by atoms with van der Waals surface area (Å²) in [7, 11) is 0. The first-order chi connectivity index (χ1) is 6.91. The Morgan fingerprint density at radius 1 is 1.60 bits per heavy atom. The van der Waals surface area contributed by atoms with Crippen LogP contribution in [-0.4, -0.2) is 38.0 Å². The maximum Gasteiger partial charge on any atom is 0.404 e. The van der Waals surface area contributed by atoms with Crippen LogP contribution in [0.2, 0.25) is 0 Å². The smallest absolute Gasteiger partial charge is 0.404 e. The van der Waals surface area contributed by atoms with E-state index >= 15 is 0 Å². The first kappa shape index (κ1) is 12.3. The lowest BCUT2D eigenvalue weighted by Crippen LogP contribution is -2.52. The van der Waals surface area contributed by atoms with Gasteiger partial charge >= 0.3 is 6.09 Å². The molecule has 1 aliphatic rings. The van der Waals surface area contributed by atoms with Gasteiger partial charge in [-0.05, 0) is 0 Å². The van der Waals surface area contributed by atoms with Crippen molar-refractivity contribution >= 4 is 6.09 Å². The summed E-state index contributed by atoms with van der Waals surface area (Å²) in [5.41, 5.74) is 4.88. The van der Waals surface area contributed by atoms with Gasteiger partial charge in [0.05, 0.1) is 6.61 Å². The summed E-state index contributed by atoms with van der Waals surface area (Å²) in [6, 6.07) is 0. The van der Waals surface area contributed by atoms with Crippen molar-refractivity contribution in [1.29, 1.82) is 0 Å². The van der Waals surface area contributed by atoms with Gasteiger partial charge in [-0.3, -0.25) is 0 Å². The number of hydrogen-bond acceptors (Lipinski definition) is 4. The predicted molar refractivity (Wildman–Crippen MR) is 56.5 cm³/mol. The minimum absolute atomic E-state index is 0.119. The fourth-order valence-electron chi connectivity index (χ4n) is 1.72. The standard InChI is InChI=1S/C10H20N2O3/c1-10(2,3)8(15-9(11)13)7-6-12-4-5-14-7/h7-8,12H,4-6H2,1-3H3,(H2,11,13). The predicted octanol–water partition coefficient (Wildman–Crippen LogP) is 0.485. The van der Waals surface area contributed by atoms with Crippen LogP contribution in [0, 0.1) is 5.41 Å². The Labute approximate surface area is 90.3 Å². The van der Waals surface area contributed by atoms with Crippen molar-refractivity contribution in [3.05, 3.63) is 0 Å². The molecule has 1 amide bonds. The summed E-state index contributed by atoms with van der Waals surface area (Å²) in [4.78, 5) is 10.8. The van der Waals surface area contributed by atoms with Crippen LogP contribution in [0.5, 0.6) is 0 Å². The van der Waals surface area contributed by atoms with E-state index in [4.69, 9.17) is 15.2 Å². The molecule has 0 aliphatic carbocycles. The molecule has 2 unspecified atom stereocenters. The zero-order valence-electron chi connectivity index (χ0n) is 9.58. The molecule has 5 nitrogen and oxygen atoms in total. The molecule has 1 rings (SSSR count). The number of rotatable bonds is 2. The zero-order valence-corrected chi connectivity index (χ0v) is 9.58. The van der Waals surface area contributed by atoms with E-state index < -0.39 is 6.09 Å². The highest BCUT2D eigenvalue weighted by Gasteiger charge is 2.36. The number of carbonyl (C=O) groups excluding carboxylic acids is 1. The molecule has 0 radical (unpaired) electrons. The molecule has 3 N–H and O–H groups in total. The second-order valence-electron chi connectivity index (χ2n) is 4.84. The van der Waals surface area contributed by atoms with Gasteiger partial charge in [-0.25, -0.2) is 4.79 Å². The van der Waals surface area contributed by atoms with Crippen LogP contribution in [0.15, 0.2) is 0 Å². The molecular formula is C10H20N2O3. The lowest BCUT2D eigenvalue weighted by molar-refractivity contribution is -0.0945. The lowest BCUT2D eigenvalue weighted by atomic mass is 9.85.